The average Bonchev–Trinajstić information content (AvgIpc) is 2.45. The number of anilines is 1. The van der Waals surface area contributed by atoms with Crippen molar-refractivity contribution in [3.63, 3.8) is 0 Å². The van der Waals surface area contributed by atoms with Crippen LogP contribution in [0, 0.1) is 16.0 Å². The van der Waals surface area contributed by atoms with Crippen molar-refractivity contribution < 1.29 is 9.66 Å². The number of aromatic nitrogens is 1. The van der Waals surface area contributed by atoms with Crippen molar-refractivity contribution in [2.75, 3.05) is 32.1 Å². The highest BCUT2D eigenvalue weighted by Crippen LogP contribution is 2.25. The molecule has 0 spiro atoms. The van der Waals surface area contributed by atoms with E-state index in [1.807, 2.05) is 0 Å². The summed E-state index contributed by atoms with van der Waals surface area (Å²) in [6.07, 6.45) is 2.26. The van der Waals surface area contributed by atoms with E-state index < -0.39 is 4.92 Å². The van der Waals surface area contributed by atoms with Gasteiger partial charge in [0.05, 0.1) is 12.0 Å². The Labute approximate surface area is 111 Å². The zero-order chi connectivity index (χ0) is 13.7. The lowest BCUT2D eigenvalue weighted by Gasteiger charge is -2.23. The Bertz CT molecular complexity index is 447. The molecule has 1 aromatic heterocycles. The van der Waals surface area contributed by atoms with Crippen LogP contribution in [-0.2, 0) is 0 Å². The smallest absolute Gasteiger partial charge is 0.311 e. The summed E-state index contributed by atoms with van der Waals surface area (Å²) >= 11 is 0. The average molecular weight is 266 g/mol. The van der Waals surface area contributed by atoms with E-state index in [-0.39, 0.29) is 11.5 Å². The van der Waals surface area contributed by atoms with Gasteiger partial charge in [-0.25, -0.2) is 0 Å². The van der Waals surface area contributed by atoms with Gasteiger partial charge in [0.15, 0.2) is 0 Å². The first-order chi connectivity index (χ1) is 9.20. The van der Waals surface area contributed by atoms with Crippen LogP contribution >= 0.6 is 0 Å². The number of methoxy groups -OCH3 is 1. The summed E-state index contributed by atoms with van der Waals surface area (Å²) in [6.45, 7) is 2.66. The predicted octanol–water partition coefficient (Wildman–Crippen LogP) is 1.41. The second-order valence-corrected chi connectivity index (χ2v) is 4.57. The lowest BCUT2D eigenvalue weighted by atomic mass is 10.00. The molecule has 1 fully saturated rings. The maximum atomic E-state index is 10.9. The zero-order valence-electron chi connectivity index (χ0n) is 10.9. The Morgan fingerprint density at radius 3 is 3.11 bits per heavy atom. The molecule has 7 nitrogen and oxygen atoms in total. The molecule has 1 aliphatic rings. The number of hydrogen-bond donors (Lipinski definition) is 2. The summed E-state index contributed by atoms with van der Waals surface area (Å²) in [7, 11) is 1.49. The fraction of sp³-hybridized carbons (Fsp3) is 0.583. The minimum Gasteiger partial charge on any atom is -0.481 e. The van der Waals surface area contributed by atoms with Crippen molar-refractivity contribution in [2.45, 2.75) is 12.8 Å². The molecule has 2 rings (SSSR count). The summed E-state index contributed by atoms with van der Waals surface area (Å²) in [5.74, 6) is 1.12. The quantitative estimate of drug-likeness (QED) is 0.618. The number of nitrogens with zero attached hydrogens (tertiary/aromatic N) is 2. The monoisotopic (exact) mass is 266 g/mol. The van der Waals surface area contributed by atoms with Crippen LogP contribution in [0.25, 0.3) is 0 Å². The molecule has 0 bridgehead atoms. The van der Waals surface area contributed by atoms with Gasteiger partial charge >= 0.3 is 5.69 Å². The molecule has 2 heterocycles. The first-order valence-corrected chi connectivity index (χ1v) is 6.34. The van der Waals surface area contributed by atoms with E-state index in [9.17, 15) is 10.1 Å². The first kappa shape index (κ1) is 13.5. The number of nitrogens with one attached hydrogen (secondary N) is 2. The molecule has 2 N–H and O–H groups in total. The van der Waals surface area contributed by atoms with Gasteiger partial charge in [-0.3, -0.25) is 10.1 Å². The lowest BCUT2D eigenvalue weighted by Crippen LogP contribution is -2.33. The maximum Gasteiger partial charge on any atom is 0.311 e. The maximum absolute atomic E-state index is 10.9. The third-order valence-corrected chi connectivity index (χ3v) is 3.21. The van der Waals surface area contributed by atoms with Gasteiger partial charge in [0.1, 0.15) is 0 Å². The highest BCUT2D eigenvalue weighted by atomic mass is 16.6. The molecule has 0 amide bonds. The third-order valence-electron chi connectivity index (χ3n) is 3.21. The van der Waals surface area contributed by atoms with E-state index in [0.717, 1.165) is 25.9 Å². The molecule has 19 heavy (non-hydrogen) atoms. The minimum atomic E-state index is -0.437. The fourth-order valence-electron chi connectivity index (χ4n) is 2.16. The summed E-state index contributed by atoms with van der Waals surface area (Å²) < 4.78 is 5.00. The molecule has 7 heteroatoms. The van der Waals surface area contributed by atoms with Crippen molar-refractivity contribution >= 4 is 11.5 Å². The van der Waals surface area contributed by atoms with E-state index >= 15 is 0 Å². The Kier molecular flexibility index (Phi) is 4.51. The number of rotatable bonds is 5. The molecule has 1 atom stereocenters. The van der Waals surface area contributed by atoms with Gasteiger partial charge in [0.25, 0.3) is 0 Å². The Morgan fingerprint density at radius 1 is 1.63 bits per heavy atom. The number of pyridine rings is 1. The standard InChI is InChI=1S/C12H18N4O3/c1-19-11-5-4-10(16(17)18)12(15-11)14-8-9-3-2-6-13-7-9/h4-5,9,13H,2-3,6-8H2,1H3,(H,14,15). The molecular weight excluding hydrogens is 248 g/mol. The van der Waals surface area contributed by atoms with Crippen LogP contribution in [0.5, 0.6) is 5.88 Å². The van der Waals surface area contributed by atoms with Crippen molar-refractivity contribution in [1.29, 1.82) is 0 Å². The van der Waals surface area contributed by atoms with Gasteiger partial charge < -0.3 is 15.4 Å². The largest absolute Gasteiger partial charge is 0.481 e. The SMILES string of the molecule is COc1ccc([N+](=O)[O-])c(NCC2CCCNC2)n1. The first-order valence-electron chi connectivity index (χ1n) is 6.34. The predicted molar refractivity (Wildman–Crippen MR) is 71.5 cm³/mol. The Hall–Kier alpha value is -1.89. The molecule has 1 aliphatic heterocycles. The summed E-state index contributed by atoms with van der Waals surface area (Å²) in [5, 5.41) is 17.3. The van der Waals surface area contributed by atoms with E-state index in [1.54, 1.807) is 0 Å². The van der Waals surface area contributed by atoms with Gasteiger partial charge in [-0.05, 0) is 31.8 Å². The summed E-state index contributed by atoms with van der Waals surface area (Å²) in [4.78, 5) is 14.6. The second kappa shape index (κ2) is 6.33. The molecular formula is C12H18N4O3. The van der Waals surface area contributed by atoms with Crippen LogP contribution < -0.4 is 15.4 Å². The zero-order valence-corrected chi connectivity index (χ0v) is 10.9. The number of nitro groups is 1. The molecule has 104 valence electrons. The van der Waals surface area contributed by atoms with E-state index in [0.29, 0.717) is 18.3 Å². The van der Waals surface area contributed by atoms with E-state index in [2.05, 4.69) is 15.6 Å². The number of ether oxygens (including phenoxy) is 1. The van der Waals surface area contributed by atoms with E-state index in [1.165, 1.54) is 19.2 Å². The highest BCUT2D eigenvalue weighted by molar-refractivity contribution is 5.57. The van der Waals surface area contributed by atoms with Crippen molar-refractivity contribution in [2.24, 2.45) is 5.92 Å². The summed E-state index contributed by atoms with van der Waals surface area (Å²) in [6, 6.07) is 2.90. The molecule has 1 aromatic rings. The molecule has 0 aromatic carbocycles. The van der Waals surface area contributed by atoms with Gasteiger partial charge in [-0.2, -0.15) is 4.98 Å². The van der Waals surface area contributed by atoms with Gasteiger partial charge in [-0.15, -0.1) is 0 Å². The second-order valence-electron chi connectivity index (χ2n) is 4.57. The molecule has 0 aliphatic carbocycles. The van der Waals surface area contributed by atoms with Crippen LogP contribution in [0.4, 0.5) is 11.5 Å². The molecule has 0 saturated carbocycles. The van der Waals surface area contributed by atoms with Crippen LogP contribution in [0.1, 0.15) is 12.8 Å². The molecule has 1 saturated heterocycles. The normalized spacial score (nSPS) is 18.9. The van der Waals surface area contributed by atoms with Crippen LogP contribution in [0.2, 0.25) is 0 Å². The minimum absolute atomic E-state index is 0.0235. The Balaban J connectivity index is 2.06. The van der Waals surface area contributed by atoms with E-state index in [4.69, 9.17) is 4.74 Å². The van der Waals surface area contributed by atoms with Crippen molar-refractivity contribution in [3.8, 4) is 5.88 Å². The van der Waals surface area contributed by atoms with Gasteiger partial charge in [-0.1, -0.05) is 0 Å². The fourth-order valence-corrected chi connectivity index (χ4v) is 2.16. The molecule has 0 radical (unpaired) electrons. The summed E-state index contributed by atoms with van der Waals surface area (Å²) in [5.41, 5.74) is -0.0235. The highest BCUT2D eigenvalue weighted by Gasteiger charge is 2.18. The van der Waals surface area contributed by atoms with Gasteiger partial charge in [0, 0.05) is 18.7 Å². The van der Waals surface area contributed by atoms with Crippen LogP contribution in [-0.4, -0.2) is 36.7 Å². The Morgan fingerprint density at radius 2 is 2.47 bits per heavy atom. The van der Waals surface area contributed by atoms with Crippen LogP contribution in [0.15, 0.2) is 12.1 Å². The third kappa shape index (κ3) is 3.54. The molecule has 1 unspecified atom stereocenters. The lowest BCUT2D eigenvalue weighted by molar-refractivity contribution is -0.384. The number of piperidine rings is 1. The number of hydrogen-bond acceptors (Lipinski definition) is 6. The van der Waals surface area contributed by atoms with Crippen molar-refractivity contribution in [3.05, 3.63) is 22.2 Å². The van der Waals surface area contributed by atoms with Gasteiger partial charge in [0.2, 0.25) is 11.7 Å². The van der Waals surface area contributed by atoms with Crippen molar-refractivity contribution in [1.82, 2.24) is 10.3 Å². The topological polar surface area (TPSA) is 89.3 Å². The van der Waals surface area contributed by atoms with Crippen LogP contribution in [0.3, 0.4) is 0 Å².